The van der Waals surface area contributed by atoms with E-state index in [0.29, 0.717) is 16.8 Å². The Kier molecular flexibility index (Phi) is 12.8. The topological polar surface area (TPSA) is 124 Å². The maximum atomic E-state index is 10.5. The second-order valence-electron chi connectivity index (χ2n) is 28.3. The van der Waals surface area contributed by atoms with Crippen molar-refractivity contribution in [1.29, 1.82) is 10.5 Å². The molecule has 0 unspecified atom stereocenters. The van der Waals surface area contributed by atoms with Gasteiger partial charge in [0.15, 0.2) is 5.58 Å². The first kappa shape index (κ1) is 60.8. The molecule has 0 aliphatic heterocycles. The molecule has 0 spiro atoms. The van der Waals surface area contributed by atoms with Gasteiger partial charge in [-0.15, -0.1) is 0 Å². The van der Waals surface area contributed by atoms with E-state index in [1.807, 2.05) is 127 Å². The lowest BCUT2D eigenvalue weighted by Gasteiger charge is -2.15. The van der Waals surface area contributed by atoms with Gasteiger partial charge in [0, 0.05) is 92.2 Å². The van der Waals surface area contributed by atoms with Crippen LogP contribution in [-0.4, -0.2) is 18.3 Å². The van der Waals surface area contributed by atoms with Crippen molar-refractivity contribution in [3.05, 3.63) is 344 Å². The SMILES string of the molecule is N#Cc1cc(-c2cccc(-n3c4ccccc4c4c5oc6ccccc6c5ccc43)c2)cc(-n2c3ccccc3c3ccc4c5ccccc5oc4c32)c1.[C-]#[N+]c1ccc(-c2ccc(C#N)c(-n3c4ccccc4c4c5c(ccc43)oc3ccccc35)c2)cc1-n1c2ccccc2c2cc3oc4ccccc4c3cc21. The van der Waals surface area contributed by atoms with Gasteiger partial charge in [-0.3, -0.25) is 0 Å². The predicted octanol–water partition coefficient (Wildman–Crippen LogP) is 27.0. The van der Waals surface area contributed by atoms with Crippen LogP contribution in [0.1, 0.15) is 11.1 Å². The summed E-state index contributed by atoms with van der Waals surface area (Å²) in [7, 11) is 0. The van der Waals surface area contributed by atoms with Crippen LogP contribution in [0.4, 0.5) is 5.69 Å². The predicted molar refractivity (Wildman–Crippen MR) is 446 cm³/mol. The van der Waals surface area contributed by atoms with Crippen molar-refractivity contribution in [2.24, 2.45) is 0 Å². The van der Waals surface area contributed by atoms with Crippen molar-refractivity contribution in [2.45, 2.75) is 0 Å². The van der Waals surface area contributed by atoms with Crippen LogP contribution in [0.5, 0.6) is 0 Å². The molecule has 0 bridgehead atoms. The number of aromatic nitrogens is 4. The van der Waals surface area contributed by atoms with Crippen molar-refractivity contribution in [3.63, 3.8) is 0 Å². The van der Waals surface area contributed by atoms with Crippen molar-refractivity contribution in [3.8, 4) is 57.1 Å². The zero-order valence-corrected chi connectivity index (χ0v) is 58.4. The molecule has 0 saturated heterocycles. The summed E-state index contributed by atoms with van der Waals surface area (Å²) < 4.78 is 34.8. The van der Waals surface area contributed by atoms with Gasteiger partial charge in [-0.05, 0) is 162 Å². The summed E-state index contributed by atoms with van der Waals surface area (Å²) in [5.74, 6) is 0. The molecule has 24 rings (SSSR count). The zero-order valence-electron chi connectivity index (χ0n) is 58.4. The molecule has 11 nitrogen and oxygen atoms in total. The summed E-state index contributed by atoms with van der Waals surface area (Å²) in [6.07, 6.45) is 0. The number of benzene rings is 16. The molecule has 0 saturated carbocycles. The van der Waals surface area contributed by atoms with Crippen LogP contribution in [0.15, 0.2) is 339 Å². The van der Waals surface area contributed by atoms with Gasteiger partial charge in [-0.25, -0.2) is 4.85 Å². The maximum absolute atomic E-state index is 10.5. The van der Waals surface area contributed by atoms with Crippen molar-refractivity contribution in [2.75, 3.05) is 0 Å². The number of furan rings is 4. The summed E-state index contributed by atoms with van der Waals surface area (Å²) in [6, 6.07) is 115. The molecule has 0 amide bonds. The minimum atomic E-state index is 0.543. The molecular weight excluding hydrogens is 1350 g/mol. The molecule has 0 N–H and O–H groups in total. The molecule has 0 atom stereocenters. The van der Waals surface area contributed by atoms with Crippen LogP contribution in [0.3, 0.4) is 0 Å². The van der Waals surface area contributed by atoms with Gasteiger partial charge < -0.3 is 35.9 Å². The van der Waals surface area contributed by atoms with Gasteiger partial charge in [0.2, 0.25) is 5.69 Å². The molecular formula is C99H53N7O4. The molecule has 0 aliphatic carbocycles. The minimum Gasteiger partial charge on any atom is -0.456 e. The second kappa shape index (κ2) is 23.2. The van der Waals surface area contributed by atoms with Crippen molar-refractivity contribution >= 4 is 181 Å². The first-order chi connectivity index (χ1) is 54.4. The summed E-state index contributed by atoms with van der Waals surface area (Å²) in [5.41, 5.74) is 24.0. The van der Waals surface area contributed by atoms with Crippen LogP contribution in [0.2, 0.25) is 0 Å². The standard InChI is InChI=1S/C50H26N4O2.C49H27N3O2/c1-52-38-21-20-30(25-44(38)54-39-14-6-2-10-32(39)36-27-48-37(26-43(36)54)33-11-4-8-16-45(33)56-48)29-18-19-31(28-51)42(24-29)53-40-15-7-3-12-34(40)49-41(53)22-23-47-50(49)35-13-5-9-17-46(35)55-47;50-28-29-24-31(27-33(25-29)52-41-16-5-1-12-34(41)37-20-21-39-36-14-4-8-19-45(36)54-49(39)47(37)52)30-10-9-11-32(26-30)51-42-17-6-2-15-40(42)46-43(51)23-22-38-35-13-3-7-18-44(35)53-48(38)46/h2-27H;1-27H. The van der Waals surface area contributed by atoms with Gasteiger partial charge in [0.05, 0.1) is 84.7 Å². The van der Waals surface area contributed by atoms with E-state index in [-0.39, 0.29) is 0 Å². The molecule has 16 aromatic carbocycles. The highest BCUT2D eigenvalue weighted by Crippen LogP contribution is 2.48. The summed E-state index contributed by atoms with van der Waals surface area (Å²) in [4.78, 5) is 4.03. The molecule has 8 heterocycles. The highest BCUT2D eigenvalue weighted by Gasteiger charge is 2.26. The Hall–Kier alpha value is -15.6. The number of rotatable bonds is 6. The van der Waals surface area contributed by atoms with E-state index >= 15 is 0 Å². The quantitative estimate of drug-likeness (QED) is 0.153. The van der Waals surface area contributed by atoms with Crippen LogP contribution >= 0.6 is 0 Å². The van der Waals surface area contributed by atoms with Crippen LogP contribution in [0.25, 0.3) is 225 Å². The van der Waals surface area contributed by atoms with E-state index in [1.54, 1.807) is 0 Å². The molecule has 0 aliphatic rings. The number of para-hydroxylation sites is 8. The lowest BCUT2D eigenvalue weighted by molar-refractivity contribution is 0.669. The monoisotopic (exact) mass is 1400 g/mol. The number of fused-ring (bicyclic) bond motifs is 27. The van der Waals surface area contributed by atoms with Gasteiger partial charge >= 0.3 is 0 Å². The summed E-state index contributed by atoms with van der Waals surface area (Å²) >= 11 is 0. The molecule has 110 heavy (non-hydrogen) atoms. The Morgan fingerprint density at radius 2 is 0.773 bits per heavy atom. The molecule has 0 fully saturated rings. The highest BCUT2D eigenvalue weighted by molar-refractivity contribution is 6.29. The molecule has 11 heteroatoms. The lowest BCUT2D eigenvalue weighted by Crippen LogP contribution is -1.99. The van der Waals surface area contributed by atoms with Gasteiger partial charge in [-0.1, -0.05) is 182 Å². The third kappa shape index (κ3) is 8.73. The van der Waals surface area contributed by atoms with Crippen LogP contribution < -0.4 is 0 Å². The second-order valence-corrected chi connectivity index (χ2v) is 28.3. The fourth-order valence-electron chi connectivity index (χ4n) is 17.8. The van der Waals surface area contributed by atoms with E-state index in [0.717, 1.165) is 220 Å². The molecule has 24 aromatic rings. The average Bonchev–Trinajstić information content (AvgIpc) is 1.57. The fourth-order valence-corrected chi connectivity index (χ4v) is 17.8. The van der Waals surface area contributed by atoms with Gasteiger partial charge in [0.25, 0.3) is 0 Å². The van der Waals surface area contributed by atoms with Crippen molar-refractivity contribution in [1.82, 2.24) is 18.3 Å². The first-order valence-electron chi connectivity index (χ1n) is 36.5. The van der Waals surface area contributed by atoms with E-state index in [4.69, 9.17) is 24.2 Å². The van der Waals surface area contributed by atoms with E-state index in [9.17, 15) is 10.5 Å². The minimum absolute atomic E-state index is 0.543. The Balaban J connectivity index is 0.000000132. The largest absolute Gasteiger partial charge is 0.456 e. The summed E-state index contributed by atoms with van der Waals surface area (Å²) in [6.45, 7) is 8.27. The first-order valence-corrected chi connectivity index (χ1v) is 36.5. The van der Waals surface area contributed by atoms with Gasteiger partial charge in [0.1, 0.15) is 45.2 Å². The molecule has 8 aromatic heterocycles. The third-order valence-electron chi connectivity index (χ3n) is 22.5. The number of nitriles is 2. The zero-order chi connectivity index (χ0) is 72.6. The van der Waals surface area contributed by atoms with E-state index < -0.39 is 0 Å². The Labute approximate surface area is 624 Å². The van der Waals surface area contributed by atoms with Crippen LogP contribution in [0, 0.1) is 29.2 Å². The smallest absolute Gasteiger partial charge is 0.210 e. The van der Waals surface area contributed by atoms with E-state index in [2.05, 4.69) is 229 Å². The van der Waals surface area contributed by atoms with Crippen LogP contribution in [-0.2, 0) is 0 Å². The number of nitrogens with zero attached hydrogens (tertiary/aromatic N) is 7. The number of hydrogen-bond acceptors (Lipinski definition) is 6. The fraction of sp³-hybridized carbons (Fsp3) is 0. The molecule has 0 radical (unpaired) electrons. The average molecular weight is 1400 g/mol. The van der Waals surface area contributed by atoms with Crippen molar-refractivity contribution < 1.29 is 17.7 Å². The Bertz CT molecular complexity index is 8240. The normalized spacial score (nSPS) is 12.0. The Morgan fingerprint density at radius 3 is 1.48 bits per heavy atom. The summed E-state index contributed by atoms with van der Waals surface area (Å²) in [5, 5.41) is 38.3. The van der Waals surface area contributed by atoms with Gasteiger partial charge in [-0.2, -0.15) is 10.5 Å². The number of hydrogen-bond donors (Lipinski definition) is 0. The Morgan fingerprint density at radius 1 is 0.264 bits per heavy atom. The third-order valence-corrected chi connectivity index (χ3v) is 22.5. The van der Waals surface area contributed by atoms with E-state index in [1.165, 1.54) is 0 Å². The molecule has 508 valence electrons. The highest BCUT2D eigenvalue weighted by atomic mass is 16.3. The maximum Gasteiger partial charge on any atom is 0.210 e. The lowest BCUT2D eigenvalue weighted by atomic mass is 10.0.